The number of nitrogens with zero attached hydrogens (tertiary/aromatic N) is 1. The number of ether oxygens (including phenoxy) is 1. The van der Waals surface area contributed by atoms with Crippen LogP contribution in [0.4, 0.5) is 4.79 Å². The van der Waals surface area contributed by atoms with Crippen molar-refractivity contribution in [2.24, 2.45) is 17.8 Å². The summed E-state index contributed by atoms with van der Waals surface area (Å²) in [4.78, 5) is 13.9. The molecular formula is C18H32N2O2. The van der Waals surface area contributed by atoms with Gasteiger partial charge in [-0.1, -0.05) is 12.2 Å². The van der Waals surface area contributed by atoms with Crippen molar-refractivity contribution in [2.45, 2.75) is 59.1 Å². The van der Waals surface area contributed by atoms with Crippen LogP contribution in [0.5, 0.6) is 0 Å². The van der Waals surface area contributed by atoms with E-state index < -0.39 is 5.60 Å². The van der Waals surface area contributed by atoms with E-state index in [1.807, 2.05) is 27.7 Å². The zero-order valence-corrected chi connectivity index (χ0v) is 14.8. The average molecular weight is 308 g/mol. The number of nitrogens with one attached hydrogen (secondary N) is 1. The highest BCUT2D eigenvalue weighted by Crippen LogP contribution is 2.44. The molecule has 0 aromatic rings. The van der Waals surface area contributed by atoms with Crippen molar-refractivity contribution in [1.29, 1.82) is 0 Å². The molecule has 4 heteroatoms. The summed E-state index contributed by atoms with van der Waals surface area (Å²) in [5.74, 6) is 2.33. The summed E-state index contributed by atoms with van der Waals surface area (Å²) in [6.45, 7) is 12.2. The summed E-state index contributed by atoms with van der Waals surface area (Å²) in [5, 5.41) is 3.61. The lowest BCUT2D eigenvalue weighted by Gasteiger charge is -2.29. The molecule has 0 heterocycles. The maximum atomic E-state index is 12.1. The minimum absolute atomic E-state index is 0.215. The van der Waals surface area contributed by atoms with Gasteiger partial charge >= 0.3 is 6.09 Å². The van der Waals surface area contributed by atoms with Gasteiger partial charge in [0.15, 0.2) is 0 Å². The van der Waals surface area contributed by atoms with Crippen molar-refractivity contribution in [3.63, 3.8) is 0 Å². The van der Waals surface area contributed by atoms with Crippen LogP contribution in [0.3, 0.4) is 0 Å². The van der Waals surface area contributed by atoms with Crippen LogP contribution >= 0.6 is 0 Å². The van der Waals surface area contributed by atoms with E-state index in [2.05, 4.69) is 24.4 Å². The van der Waals surface area contributed by atoms with Crippen LogP contribution in [0.1, 0.15) is 47.5 Å². The topological polar surface area (TPSA) is 41.6 Å². The Bertz CT molecular complexity index is 414. The number of hydrogen-bond donors (Lipinski definition) is 1. The number of carbonyl (C=O) groups excluding carboxylic acids is 1. The van der Waals surface area contributed by atoms with Crippen molar-refractivity contribution in [3.8, 4) is 0 Å². The van der Waals surface area contributed by atoms with Gasteiger partial charge in [0.1, 0.15) is 5.60 Å². The summed E-state index contributed by atoms with van der Waals surface area (Å²) in [6.07, 6.45) is 7.23. The largest absolute Gasteiger partial charge is 0.444 e. The first-order valence-corrected chi connectivity index (χ1v) is 8.69. The predicted octanol–water partition coefficient (Wildman–Crippen LogP) is 3.43. The predicted molar refractivity (Wildman–Crippen MR) is 89.8 cm³/mol. The lowest BCUT2D eigenvalue weighted by Crippen LogP contribution is -2.43. The van der Waals surface area contributed by atoms with E-state index in [0.29, 0.717) is 19.1 Å². The zero-order chi connectivity index (χ0) is 16.3. The van der Waals surface area contributed by atoms with Gasteiger partial charge in [-0.15, -0.1) is 0 Å². The maximum Gasteiger partial charge on any atom is 0.410 e. The molecule has 0 radical (unpaired) electrons. The fraction of sp³-hybridized carbons (Fsp3) is 0.833. The number of likely N-dealkylation sites (N-methyl/N-ethyl adjacent to an activating group) is 1. The number of rotatable bonds is 6. The molecule has 1 fully saturated rings. The van der Waals surface area contributed by atoms with Gasteiger partial charge < -0.3 is 15.0 Å². The van der Waals surface area contributed by atoms with Crippen LogP contribution < -0.4 is 5.32 Å². The highest BCUT2D eigenvalue weighted by Gasteiger charge is 2.38. The number of fused-ring (bicyclic) bond motifs is 2. The molecule has 1 N–H and O–H groups in total. The molecule has 4 atom stereocenters. The van der Waals surface area contributed by atoms with Crippen LogP contribution in [0, 0.1) is 17.8 Å². The van der Waals surface area contributed by atoms with Crippen molar-refractivity contribution in [1.82, 2.24) is 10.2 Å². The van der Waals surface area contributed by atoms with Gasteiger partial charge in [-0.2, -0.15) is 0 Å². The fourth-order valence-corrected chi connectivity index (χ4v) is 3.68. The Morgan fingerprint density at radius 2 is 2.09 bits per heavy atom. The Morgan fingerprint density at radius 3 is 2.59 bits per heavy atom. The second-order valence-electron chi connectivity index (χ2n) is 7.75. The first kappa shape index (κ1) is 17.3. The highest BCUT2D eigenvalue weighted by atomic mass is 16.6. The molecular weight excluding hydrogens is 276 g/mol. The SMILES string of the molecule is CCN(CCNC(C)C1CC2C=CC1C2)C(=O)OC(C)(C)C. The average Bonchev–Trinajstić information content (AvgIpc) is 3.03. The molecule has 126 valence electrons. The Morgan fingerprint density at radius 1 is 1.36 bits per heavy atom. The van der Waals surface area contributed by atoms with Crippen LogP contribution in [0.2, 0.25) is 0 Å². The van der Waals surface area contributed by atoms with Gasteiger partial charge in [-0.3, -0.25) is 0 Å². The third-order valence-corrected chi connectivity index (χ3v) is 4.85. The summed E-state index contributed by atoms with van der Waals surface area (Å²) in [7, 11) is 0. The Kier molecular flexibility index (Phi) is 5.54. The van der Waals surface area contributed by atoms with Crippen LogP contribution in [-0.4, -0.2) is 42.3 Å². The molecule has 4 nitrogen and oxygen atoms in total. The highest BCUT2D eigenvalue weighted by molar-refractivity contribution is 5.68. The number of hydrogen-bond acceptors (Lipinski definition) is 3. The van der Waals surface area contributed by atoms with E-state index in [1.165, 1.54) is 12.8 Å². The standard InChI is InChI=1S/C18H32N2O2/c1-6-20(17(21)22-18(3,4)5)10-9-19-13(2)16-12-14-7-8-15(16)11-14/h7-8,13-16,19H,6,9-12H2,1-5H3. The van der Waals surface area contributed by atoms with Crippen molar-refractivity contribution >= 4 is 6.09 Å². The summed E-state index contributed by atoms with van der Waals surface area (Å²) < 4.78 is 5.44. The van der Waals surface area contributed by atoms with Gasteiger partial charge in [0.05, 0.1) is 0 Å². The van der Waals surface area contributed by atoms with E-state index in [1.54, 1.807) is 4.90 Å². The van der Waals surface area contributed by atoms with E-state index in [0.717, 1.165) is 24.3 Å². The van der Waals surface area contributed by atoms with Gasteiger partial charge in [0.25, 0.3) is 0 Å². The van der Waals surface area contributed by atoms with Crippen molar-refractivity contribution in [2.75, 3.05) is 19.6 Å². The molecule has 22 heavy (non-hydrogen) atoms. The molecule has 4 unspecified atom stereocenters. The molecule has 0 spiro atoms. The molecule has 1 amide bonds. The lowest BCUT2D eigenvalue weighted by molar-refractivity contribution is 0.0260. The second kappa shape index (κ2) is 7.03. The summed E-state index contributed by atoms with van der Waals surface area (Å²) >= 11 is 0. The Hall–Kier alpha value is -1.03. The first-order valence-electron chi connectivity index (χ1n) is 8.69. The molecule has 2 rings (SSSR count). The quantitative estimate of drug-likeness (QED) is 0.764. The first-order chi connectivity index (χ1) is 10.3. The van der Waals surface area contributed by atoms with Gasteiger partial charge in [-0.05, 0) is 65.2 Å². The minimum atomic E-state index is -0.430. The second-order valence-corrected chi connectivity index (χ2v) is 7.75. The minimum Gasteiger partial charge on any atom is -0.444 e. The molecule has 2 bridgehead atoms. The van der Waals surface area contributed by atoms with E-state index >= 15 is 0 Å². The molecule has 2 aliphatic carbocycles. The number of allylic oxidation sites excluding steroid dienone is 2. The number of amides is 1. The van der Waals surface area contributed by atoms with Gasteiger partial charge in [0, 0.05) is 25.7 Å². The molecule has 2 aliphatic rings. The summed E-state index contributed by atoms with van der Waals surface area (Å²) in [6, 6.07) is 0.511. The van der Waals surface area contributed by atoms with E-state index in [9.17, 15) is 4.79 Å². The smallest absolute Gasteiger partial charge is 0.410 e. The van der Waals surface area contributed by atoms with Crippen LogP contribution in [0.15, 0.2) is 12.2 Å². The maximum absolute atomic E-state index is 12.1. The number of carbonyl (C=O) groups is 1. The molecule has 0 aromatic carbocycles. The third-order valence-electron chi connectivity index (χ3n) is 4.85. The molecule has 1 saturated carbocycles. The lowest BCUT2D eigenvalue weighted by atomic mass is 9.87. The van der Waals surface area contributed by atoms with Crippen molar-refractivity contribution in [3.05, 3.63) is 12.2 Å². The van der Waals surface area contributed by atoms with Crippen LogP contribution in [0.25, 0.3) is 0 Å². The van der Waals surface area contributed by atoms with Crippen LogP contribution in [-0.2, 0) is 4.74 Å². The van der Waals surface area contributed by atoms with Crippen molar-refractivity contribution < 1.29 is 9.53 Å². The molecule has 0 aromatic heterocycles. The molecule has 0 saturated heterocycles. The Labute approximate surface area is 135 Å². The Balaban J connectivity index is 1.72. The van der Waals surface area contributed by atoms with E-state index in [4.69, 9.17) is 4.74 Å². The fourth-order valence-electron chi connectivity index (χ4n) is 3.68. The van der Waals surface area contributed by atoms with E-state index in [-0.39, 0.29) is 6.09 Å². The summed E-state index contributed by atoms with van der Waals surface area (Å²) in [5.41, 5.74) is -0.430. The van der Waals surface area contributed by atoms with Gasteiger partial charge in [-0.25, -0.2) is 4.79 Å². The van der Waals surface area contributed by atoms with Gasteiger partial charge in [0.2, 0.25) is 0 Å². The normalized spacial score (nSPS) is 28.0. The third kappa shape index (κ3) is 4.48. The monoisotopic (exact) mass is 308 g/mol. The zero-order valence-electron chi connectivity index (χ0n) is 14.8. The molecule has 0 aliphatic heterocycles.